The number of hydrogen-bond acceptors (Lipinski definition) is 10. The van der Waals surface area contributed by atoms with E-state index < -0.39 is 23.8 Å². The van der Waals surface area contributed by atoms with Crippen LogP contribution in [-0.4, -0.2) is 100 Å². The molecule has 1 aromatic heterocycles. The number of rotatable bonds is 9. The number of carbonyl (C=O) groups excluding carboxylic acids is 5. The number of hydrogen-bond donors (Lipinski definition) is 2. The van der Waals surface area contributed by atoms with Gasteiger partial charge in [-0.1, -0.05) is 11.6 Å². The molecular formula is C44H49ClN8O6. The maximum Gasteiger partial charge on any atom is 0.271 e. The van der Waals surface area contributed by atoms with Gasteiger partial charge in [-0.25, -0.2) is 0 Å². The zero-order chi connectivity index (χ0) is 40.8. The van der Waals surface area contributed by atoms with E-state index in [9.17, 15) is 24.0 Å². The number of anilines is 1. The molecule has 5 heterocycles. The van der Waals surface area contributed by atoms with Crippen LogP contribution in [0.5, 0.6) is 5.75 Å². The molecule has 5 amide bonds. The van der Waals surface area contributed by atoms with Gasteiger partial charge in [-0.05, 0) is 126 Å². The largest absolute Gasteiger partial charge is 0.490 e. The molecule has 3 saturated heterocycles. The lowest BCUT2D eigenvalue weighted by Crippen LogP contribution is -2.60. The Hall–Kier alpha value is -5.26. The van der Waals surface area contributed by atoms with Gasteiger partial charge >= 0.3 is 0 Å². The van der Waals surface area contributed by atoms with E-state index in [4.69, 9.17) is 26.7 Å². The molecule has 0 bridgehead atoms. The van der Waals surface area contributed by atoms with Crippen molar-refractivity contribution in [1.29, 1.82) is 5.26 Å². The van der Waals surface area contributed by atoms with E-state index in [1.165, 1.54) is 0 Å². The van der Waals surface area contributed by atoms with Gasteiger partial charge in [0.2, 0.25) is 11.8 Å². The summed E-state index contributed by atoms with van der Waals surface area (Å²) in [6.45, 7) is 5.09. The van der Waals surface area contributed by atoms with Crippen molar-refractivity contribution in [3.8, 4) is 11.8 Å². The molecule has 9 rings (SSSR count). The van der Waals surface area contributed by atoms with E-state index in [2.05, 4.69) is 26.5 Å². The molecule has 2 aliphatic carbocycles. The molecular weight excluding hydrogens is 772 g/mol. The summed E-state index contributed by atoms with van der Waals surface area (Å²) in [6.07, 6.45) is 12.2. The van der Waals surface area contributed by atoms with Gasteiger partial charge in [0, 0.05) is 55.5 Å². The number of halogens is 1. The van der Waals surface area contributed by atoms with Crippen molar-refractivity contribution in [2.24, 2.45) is 11.3 Å². The van der Waals surface area contributed by atoms with Gasteiger partial charge < -0.3 is 19.9 Å². The number of ether oxygens (including phenoxy) is 1. The number of amides is 5. The molecule has 59 heavy (non-hydrogen) atoms. The third-order valence-corrected chi connectivity index (χ3v) is 14.0. The van der Waals surface area contributed by atoms with E-state index in [-0.39, 0.29) is 42.2 Å². The van der Waals surface area contributed by atoms with Gasteiger partial charge in [-0.15, -0.1) is 0 Å². The van der Waals surface area contributed by atoms with Crippen molar-refractivity contribution < 1.29 is 28.7 Å². The number of benzene rings is 2. The highest BCUT2D eigenvalue weighted by molar-refractivity contribution is 6.31. The Labute approximate surface area is 348 Å². The Kier molecular flexibility index (Phi) is 10.7. The van der Waals surface area contributed by atoms with Crippen LogP contribution in [0.3, 0.4) is 0 Å². The molecule has 4 aliphatic heterocycles. The fraction of sp³-hybridized carbons (Fsp3) is 0.523. The standard InChI is InChI=1S/C44H49ClN8O6/c45-36-22-33(9-3-28(36)23-46)59-32-10-4-29(5-11-32)47-40(55)37-15-18-52(49-37)30-6-1-27(2-7-30)24-50-19-16-44(17-20-50)25-51(26-44)31-8-12-34-35(21-31)43(58)53(42(34)57)38-13-14-39(54)48-41(38)56/h3,8-9,12,15,18,21-22,27,29-30,32,38H,1-2,4-7,10-11,13-14,16-17,19-20,24-26H2,(H,47,55)(H,48,54,56). The van der Waals surface area contributed by atoms with Crippen LogP contribution >= 0.6 is 11.6 Å². The number of piperidine rings is 2. The molecule has 6 aliphatic rings. The summed E-state index contributed by atoms with van der Waals surface area (Å²) in [5.74, 6) is -0.757. The second-order valence-corrected chi connectivity index (χ2v) is 17.9. The molecule has 2 saturated carbocycles. The van der Waals surface area contributed by atoms with Crippen LogP contribution in [0, 0.1) is 22.7 Å². The van der Waals surface area contributed by atoms with Crippen molar-refractivity contribution in [2.45, 2.75) is 101 Å². The molecule has 5 fully saturated rings. The quantitative estimate of drug-likeness (QED) is 0.272. The zero-order valence-corrected chi connectivity index (χ0v) is 33.8. The third-order valence-electron chi connectivity index (χ3n) is 13.7. The maximum absolute atomic E-state index is 13.3. The van der Waals surface area contributed by atoms with Crippen LogP contribution in [0.25, 0.3) is 0 Å². The SMILES string of the molecule is N#Cc1ccc(OC2CCC(NC(=O)c3ccn(C4CCC(CN5CCC6(CC5)CN(c5ccc7c(c5)C(=O)N(C5CCC(=O)NC5=O)C7=O)C6)CC4)n3)CC2)cc1Cl. The van der Waals surface area contributed by atoms with Crippen molar-refractivity contribution in [3.05, 3.63) is 76.1 Å². The van der Waals surface area contributed by atoms with Crippen molar-refractivity contribution in [2.75, 3.05) is 37.6 Å². The normalized spacial score (nSPS) is 26.9. The predicted octanol–water partition coefficient (Wildman–Crippen LogP) is 5.26. The Morgan fingerprint density at radius 2 is 1.66 bits per heavy atom. The summed E-state index contributed by atoms with van der Waals surface area (Å²) >= 11 is 6.16. The highest BCUT2D eigenvalue weighted by Gasteiger charge is 2.47. The lowest BCUT2D eigenvalue weighted by Gasteiger charge is -2.55. The number of nitrogens with one attached hydrogen (secondary N) is 2. The van der Waals surface area contributed by atoms with Gasteiger partial charge in [0.1, 0.15) is 23.6 Å². The summed E-state index contributed by atoms with van der Waals surface area (Å²) in [4.78, 5) is 69.6. The van der Waals surface area contributed by atoms with Gasteiger partial charge in [-0.3, -0.25) is 38.9 Å². The average Bonchev–Trinajstić information content (AvgIpc) is 3.81. The lowest BCUT2D eigenvalue weighted by molar-refractivity contribution is -0.136. The maximum atomic E-state index is 13.3. The van der Waals surface area contributed by atoms with Crippen molar-refractivity contribution in [1.82, 2.24) is 30.2 Å². The highest BCUT2D eigenvalue weighted by atomic mass is 35.5. The second-order valence-electron chi connectivity index (χ2n) is 17.5. The van der Waals surface area contributed by atoms with Crippen molar-refractivity contribution in [3.63, 3.8) is 0 Å². The zero-order valence-electron chi connectivity index (χ0n) is 33.0. The Bertz CT molecular complexity index is 2200. The van der Waals surface area contributed by atoms with E-state index in [1.807, 2.05) is 23.0 Å². The number of likely N-dealkylation sites (tertiary alicyclic amines) is 1. The molecule has 15 heteroatoms. The summed E-state index contributed by atoms with van der Waals surface area (Å²) in [7, 11) is 0. The van der Waals surface area contributed by atoms with Gasteiger partial charge in [0.15, 0.2) is 0 Å². The first-order valence-corrected chi connectivity index (χ1v) is 21.5. The summed E-state index contributed by atoms with van der Waals surface area (Å²) in [5, 5.41) is 19.6. The van der Waals surface area contributed by atoms with Crippen LogP contribution in [0.4, 0.5) is 5.69 Å². The highest BCUT2D eigenvalue weighted by Crippen LogP contribution is 2.44. The van der Waals surface area contributed by atoms with E-state index in [0.29, 0.717) is 45.1 Å². The van der Waals surface area contributed by atoms with Crippen molar-refractivity contribution >= 4 is 46.8 Å². The lowest BCUT2D eigenvalue weighted by atomic mass is 9.71. The Balaban J connectivity index is 0.687. The van der Waals surface area contributed by atoms with Crippen LogP contribution in [-0.2, 0) is 9.59 Å². The molecule has 3 aromatic rings. The first-order chi connectivity index (χ1) is 28.5. The van der Waals surface area contributed by atoms with Crippen LogP contribution in [0.15, 0.2) is 48.7 Å². The number of carbonyl (C=O) groups is 5. The topological polar surface area (TPSA) is 170 Å². The number of imide groups is 2. The van der Waals surface area contributed by atoms with Gasteiger partial charge in [0.25, 0.3) is 17.7 Å². The molecule has 14 nitrogen and oxygen atoms in total. The summed E-state index contributed by atoms with van der Waals surface area (Å²) in [6, 6.07) is 13.8. The Morgan fingerprint density at radius 3 is 2.37 bits per heavy atom. The first kappa shape index (κ1) is 39.2. The molecule has 0 radical (unpaired) electrons. The number of nitriles is 1. The van der Waals surface area contributed by atoms with Crippen LogP contribution in [0.2, 0.25) is 5.02 Å². The monoisotopic (exact) mass is 820 g/mol. The van der Waals surface area contributed by atoms with E-state index >= 15 is 0 Å². The van der Waals surface area contributed by atoms with E-state index in [0.717, 1.165) is 108 Å². The Morgan fingerprint density at radius 1 is 0.915 bits per heavy atom. The molecule has 1 atom stereocenters. The minimum Gasteiger partial charge on any atom is -0.490 e. The fourth-order valence-electron chi connectivity index (χ4n) is 10.2. The van der Waals surface area contributed by atoms with Gasteiger partial charge in [0.05, 0.1) is 33.9 Å². The number of fused-ring (bicyclic) bond motifs is 1. The van der Waals surface area contributed by atoms with Gasteiger partial charge in [-0.2, -0.15) is 10.4 Å². The van der Waals surface area contributed by atoms with Crippen LogP contribution < -0.4 is 20.3 Å². The summed E-state index contributed by atoms with van der Waals surface area (Å²) < 4.78 is 8.10. The second kappa shape index (κ2) is 16.1. The first-order valence-electron chi connectivity index (χ1n) is 21.1. The number of aromatic nitrogens is 2. The predicted molar refractivity (Wildman–Crippen MR) is 217 cm³/mol. The minimum absolute atomic E-state index is 0.0409. The molecule has 1 spiro atoms. The number of nitrogens with zero attached hydrogens (tertiary/aromatic N) is 6. The third kappa shape index (κ3) is 7.94. The molecule has 2 N–H and O–H groups in total. The smallest absolute Gasteiger partial charge is 0.271 e. The van der Waals surface area contributed by atoms with Crippen LogP contribution in [0.1, 0.15) is 120 Å². The molecule has 1 unspecified atom stereocenters. The molecule has 308 valence electrons. The minimum atomic E-state index is -0.963. The summed E-state index contributed by atoms with van der Waals surface area (Å²) in [5.41, 5.74) is 2.70. The van der Waals surface area contributed by atoms with E-state index in [1.54, 1.807) is 30.3 Å². The fourth-order valence-corrected chi connectivity index (χ4v) is 10.4. The average molecular weight is 821 g/mol. The molecule has 2 aromatic carbocycles.